The number of ether oxygens (including phenoxy) is 2. The van der Waals surface area contributed by atoms with E-state index in [1.54, 1.807) is 26.2 Å². The minimum atomic E-state index is -3.00. The number of benzene rings is 3. The van der Waals surface area contributed by atoms with Crippen LogP contribution in [0.3, 0.4) is 0 Å². The van der Waals surface area contributed by atoms with Gasteiger partial charge in [-0.05, 0) is 43.3 Å². The molecule has 1 amide bonds. The fourth-order valence-electron chi connectivity index (χ4n) is 3.32. The van der Waals surface area contributed by atoms with Gasteiger partial charge in [0.15, 0.2) is 11.0 Å². The standard InChI is InChI=1S/C25H22F2N4O3S/c1-16(23(32)28-20-13-6-7-14-21(20)34-24(26)27)35-25-30-29-22(17-9-8-12-19(15-17)33-2)31(25)18-10-4-3-5-11-18/h3-16,24H,1-2H3,(H,28,32). The number of nitrogens with one attached hydrogen (secondary N) is 1. The molecule has 1 N–H and O–H groups in total. The highest BCUT2D eigenvalue weighted by Crippen LogP contribution is 2.32. The third-order valence-corrected chi connectivity index (χ3v) is 6.03. The molecule has 0 aliphatic heterocycles. The van der Waals surface area contributed by atoms with Crippen molar-refractivity contribution in [2.24, 2.45) is 0 Å². The maximum Gasteiger partial charge on any atom is 0.387 e. The topological polar surface area (TPSA) is 78.3 Å². The van der Waals surface area contributed by atoms with Crippen LogP contribution < -0.4 is 14.8 Å². The Morgan fingerprint density at radius 3 is 2.49 bits per heavy atom. The molecule has 10 heteroatoms. The minimum absolute atomic E-state index is 0.110. The first-order chi connectivity index (χ1) is 17.0. The number of carbonyl (C=O) groups excluding carboxylic acids is 1. The highest BCUT2D eigenvalue weighted by atomic mass is 32.2. The van der Waals surface area contributed by atoms with Crippen molar-refractivity contribution in [3.63, 3.8) is 0 Å². The van der Waals surface area contributed by atoms with E-state index in [0.29, 0.717) is 16.7 Å². The molecular weight excluding hydrogens is 474 g/mol. The molecule has 4 rings (SSSR count). The van der Waals surface area contributed by atoms with Gasteiger partial charge in [0, 0.05) is 11.3 Å². The van der Waals surface area contributed by atoms with E-state index >= 15 is 0 Å². The van der Waals surface area contributed by atoms with Gasteiger partial charge in [0.05, 0.1) is 18.0 Å². The van der Waals surface area contributed by atoms with Crippen molar-refractivity contribution in [2.75, 3.05) is 12.4 Å². The van der Waals surface area contributed by atoms with Crippen LogP contribution in [0, 0.1) is 0 Å². The number of methoxy groups -OCH3 is 1. The van der Waals surface area contributed by atoms with Crippen molar-refractivity contribution in [1.29, 1.82) is 0 Å². The zero-order valence-electron chi connectivity index (χ0n) is 18.9. The van der Waals surface area contributed by atoms with Crippen LogP contribution in [0.2, 0.25) is 0 Å². The lowest BCUT2D eigenvalue weighted by Gasteiger charge is -2.16. The van der Waals surface area contributed by atoms with Crippen LogP contribution in [0.15, 0.2) is 84.0 Å². The highest BCUT2D eigenvalue weighted by molar-refractivity contribution is 8.00. The fourth-order valence-corrected chi connectivity index (χ4v) is 4.19. The number of para-hydroxylation sites is 3. The smallest absolute Gasteiger partial charge is 0.387 e. The Balaban J connectivity index is 1.62. The number of carbonyl (C=O) groups is 1. The monoisotopic (exact) mass is 496 g/mol. The van der Waals surface area contributed by atoms with E-state index in [9.17, 15) is 13.6 Å². The predicted octanol–water partition coefficient (Wildman–Crippen LogP) is 5.66. The molecule has 7 nitrogen and oxygen atoms in total. The Labute approximate surface area is 205 Å². The van der Waals surface area contributed by atoms with E-state index < -0.39 is 17.8 Å². The quantitative estimate of drug-likeness (QED) is 0.301. The molecule has 0 aliphatic carbocycles. The summed E-state index contributed by atoms with van der Waals surface area (Å²) in [5.74, 6) is 0.754. The number of amides is 1. The summed E-state index contributed by atoms with van der Waals surface area (Å²) >= 11 is 1.19. The summed E-state index contributed by atoms with van der Waals surface area (Å²) in [6.07, 6.45) is 0. The van der Waals surface area contributed by atoms with Gasteiger partial charge in [-0.15, -0.1) is 10.2 Å². The largest absolute Gasteiger partial charge is 0.497 e. The summed E-state index contributed by atoms with van der Waals surface area (Å²) in [5.41, 5.74) is 1.77. The predicted molar refractivity (Wildman–Crippen MR) is 130 cm³/mol. The Bertz CT molecular complexity index is 1300. The number of hydrogen-bond acceptors (Lipinski definition) is 6. The molecule has 1 atom stereocenters. The van der Waals surface area contributed by atoms with Crippen molar-refractivity contribution in [3.05, 3.63) is 78.9 Å². The molecule has 1 unspecified atom stereocenters. The second-order valence-electron chi connectivity index (χ2n) is 7.33. The first-order valence-electron chi connectivity index (χ1n) is 10.6. The van der Waals surface area contributed by atoms with Crippen LogP contribution in [0.1, 0.15) is 6.92 Å². The molecule has 35 heavy (non-hydrogen) atoms. The summed E-state index contributed by atoms with van der Waals surface area (Å²) in [4.78, 5) is 12.9. The third kappa shape index (κ3) is 5.78. The summed E-state index contributed by atoms with van der Waals surface area (Å²) in [6.45, 7) is -1.30. The molecular formula is C25H22F2N4O3S. The molecule has 4 aromatic rings. The summed E-state index contributed by atoms with van der Waals surface area (Å²) < 4.78 is 37.1. The molecule has 0 saturated carbocycles. The van der Waals surface area contributed by atoms with Crippen molar-refractivity contribution in [2.45, 2.75) is 23.9 Å². The second-order valence-corrected chi connectivity index (χ2v) is 8.64. The number of aromatic nitrogens is 3. The van der Waals surface area contributed by atoms with E-state index in [-0.39, 0.29) is 11.4 Å². The van der Waals surface area contributed by atoms with Gasteiger partial charge < -0.3 is 14.8 Å². The van der Waals surface area contributed by atoms with Gasteiger partial charge in [-0.1, -0.05) is 54.2 Å². The Kier molecular flexibility index (Phi) is 7.61. The van der Waals surface area contributed by atoms with E-state index in [1.165, 1.54) is 23.9 Å². The lowest BCUT2D eigenvalue weighted by Crippen LogP contribution is -2.23. The molecule has 0 bridgehead atoms. The number of halogens is 2. The Morgan fingerprint density at radius 1 is 1.00 bits per heavy atom. The van der Waals surface area contributed by atoms with E-state index in [2.05, 4.69) is 20.3 Å². The Hall–Kier alpha value is -3.92. The molecule has 0 radical (unpaired) electrons. The van der Waals surface area contributed by atoms with E-state index in [4.69, 9.17) is 4.74 Å². The molecule has 0 saturated heterocycles. The zero-order chi connectivity index (χ0) is 24.8. The van der Waals surface area contributed by atoms with Gasteiger partial charge in [0.25, 0.3) is 0 Å². The van der Waals surface area contributed by atoms with Crippen molar-refractivity contribution in [3.8, 4) is 28.6 Å². The molecule has 1 heterocycles. The van der Waals surface area contributed by atoms with Crippen molar-refractivity contribution < 1.29 is 23.0 Å². The number of rotatable bonds is 9. The molecule has 0 spiro atoms. The van der Waals surface area contributed by atoms with Crippen LogP contribution in [-0.2, 0) is 4.79 Å². The van der Waals surface area contributed by atoms with Gasteiger partial charge in [-0.25, -0.2) is 0 Å². The first kappa shape index (κ1) is 24.2. The van der Waals surface area contributed by atoms with Gasteiger partial charge in [0.1, 0.15) is 11.5 Å². The summed E-state index contributed by atoms with van der Waals surface area (Å²) in [5, 5.41) is 11.3. The number of thioether (sulfide) groups is 1. The highest BCUT2D eigenvalue weighted by Gasteiger charge is 2.23. The molecule has 0 aliphatic rings. The number of alkyl halides is 2. The van der Waals surface area contributed by atoms with Crippen LogP contribution in [-0.4, -0.2) is 39.6 Å². The Morgan fingerprint density at radius 2 is 1.74 bits per heavy atom. The SMILES string of the molecule is COc1cccc(-c2nnc(SC(C)C(=O)Nc3ccccc3OC(F)F)n2-c2ccccc2)c1. The van der Waals surface area contributed by atoms with Crippen molar-refractivity contribution >= 4 is 23.4 Å². The third-order valence-electron chi connectivity index (χ3n) is 4.99. The zero-order valence-corrected chi connectivity index (χ0v) is 19.7. The lowest BCUT2D eigenvalue weighted by atomic mass is 10.2. The van der Waals surface area contributed by atoms with Crippen LogP contribution in [0.4, 0.5) is 14.5 Å². The molecule has 1 aromatic heterocycles. The second kappa shape index (κ2) is 11.0. The number of nitrogens with zero attached hydrogens (tertiary/aromatic N) is 3. The summed E-state index contributed by atoms with van der Waals surface area (Å²) in [6, 6.07) is 23.0. The van der Waals surface area contributed by atoms with Gasteiger partial charge >= 0.3 is 6.61 Å². The minimum Gasteiger partial charge on any atom is -0.497 e. The van der Waals surface area contributed by atoms with Crippen molar-refractivity contribution in [1.82, 2.24) is 14.8 Å². The normalized spacial score (nSPS) is 11.8. The van der Waals surface area contributed by atoms with Crippen LogP contribution in [0.5, 0.6) is 11.5 Å². The molecule has 0 fully saturated rings. The molecule has 3 aromatic carbocycles. The number of hydrogen-bond donors (Lipinski definition) is 1. The average molecular weight is 497 g/mol. The van der Waals surface area contributed by atoms with Crippen LogP contribution in [0.25, 0.3) is 17.1 Å². The van der Waals surface area contributed by atoms with Gasteiger partial charge in [0.2, 0.25) is 5.91 Å². The first-order valence-corrected chi connectivity index (χ1v) is 11.5. The van der Waals surface area contributed by atoms with E-state index in [0.717, 1.165) is 11.3 Å². The number of anilines is 1. The van der Waals surface area contributed by atoms with Gasteiger partial charge in [-0.2, -0.15) is 8.78 Å². The average Bonchev–Trinajstić information content (AvgIpc) is 3.29. The van der Waals surface area contributed by atoms with Gasteiger partial charge in [-0.3, -0.25) is 9.36 Å². The summed E-state index contributed by atoms with van der Waals surface area (Å²) in [7, 11) is 1.59. The fraction of sp³-hybridized carbons (Fsp3) is 0.160. The van der Waals surface area contributed by atoms with E-state index in [1.807, 2.05) is 59.2 Å². The molecule has 180 valence electrons. The maximum atomic E-state index is 12.9. The lowest BCUT2D eigenvalue weighted by molar-refractivity contribution is -0.115. The maximum absolute atomic E-state index is 12.9. The van der Waals surface area contributed by atoms with Crippen LogP contribution >= 0.6 is 11.8 Å².